The number of hydrogen-bond donors (Lipinski definition) is 1. The van der Waals surface area contributed by atoms with Gasteiger partial charge in [0.05, 0.1) is 0 Å². The maximum atomic E-state index is 6.14. The Balaban J connectivity index is 2.08. The second-order valence-electron chi connectivity index (χ2n) is 6.24. The monoisotopic (exact) mass is 260 g/mol. The van der Waals surface area contributed by atoms with E-state index in [1.807, 2.05) is 0 Å². The molecule has 0 unspecified atom stereocenters. The van der Waals surface area contributed by atoms with E-state index in [2.05, 4.69) is 49.1 Å². The molecule has 1 aromatic carbocycles. The number of benzene rings is 1. The fourth-order valence-electron chi connectivity index (χ4n) is 3.23. The molecule has 106 valence electrons. The zero-order valence-corrected chi connectivity index (χ0v) is 12.4. The summed E-state index contributed by atoms with van der Waals surface area (Å²) < 4.78 is 0. The van der Waals surface area contributed by atoms with Crippen molar-refractivity contribution < 1.29 is 0 Å². The SMILES string of the molecule is CCN(CC1(CN)CCC(C)CC1)c1ccccc1. The molecule has 1 aromatic rings. The first-order valence-corrected chi connectivity index (χ1v) is 7.69. The minimum absolute atomic E-state index is 0.332. The summed E-state index contributed by atoms with van der Waals surface area (Å²) in [6, 6.07) is 10.7. The van der Waals surface area contributed by atoms with Crippen LogP contribution in [-0.2, 0) is 0 Å². The van der Waals surface area contributed by atoms with Gasteiger partial charge in [-0.3, -0.25) is 0 Å². The van der Waals surface area contributed by atoms with Gasteiger partial charge in [-0.1, -0.05) is 38.0 Å². The highest BCUT2D eigenvalue weighted by Crippen LogP contribution is 2.39. The van der Waals surface area contributed by atoms with Crippen molar-refractivity contribution >= 4 is 5.69 Å². The summed E-state index contributed by atoms with van der Waals surface area (Å²) >= 11 is 0. The third-order valence-electron chi connectivity index (χ3n) is 4.80. The Morgan fingerprint density at radius 1 is 1.21 bits per heavy atom. The van der Waals surface area contributed by atoms with Crippen molar-refractivity contribution in [3.63, 3.8) is 0 Å². The van der Waals surface area contributed by atoms with Gasteiger partial charge in [0.1, 0.15) is 0 Å². The molecule has 19 heavy (non-hydrogen) atoms. The summed E-state index contributed by atoms with van der Waals surface area (Å²) in [5.41, 5.74) is 7.80. The first-order chi connectivity index (χ1) is 9.19. The van der Waals surface area contributed by atoms with Crippen molar-refractivity contribution in [2.75, 3.05) is 24.5 Å². The van der Waals surface area contributed by atoms with Gasteiger partial charge in [0.15, 0.2) is 0 Å². The van der Waals surface area contributed by atoms with Gasteiger partial charge in [0, 0.05) is 24.2 Å². The highest BCUT2D eigenvalue weighted by Gasteiger charge is 2.34. The van der Waals surface area contributed by atoms with Crippen molar-refractivity contribution in [1.29, 1.82) is 0 Å². The van der Waals surface area contributed by atoms with Crippen LogP contribution in [-0.4, -0.2) is 19.6 Å². The number of nitrogens with two attached hydrogens (primary N) is 1. The molecule has 1 fully saturated rings. The maximum absolute atomic E-state index is 6.14. The molecule has 0 spiro atoms. The topological polar surface area (TPSA) is 29.3 Å². The fourth-order valence-corrected chi connectivity index (χ4v) is 3.23. The lowest BCUT2D eigenvalue weighted by atomic mass is 9.70. The van der Waals surface area contributed by atoms with Crippen molar-refractivity contribution in [2.45, 2.75) is 39.5 Å². The zero-order chi connectivity index (χ0) is 13.7. The summed E-state index contributed by atoms with van der Waals surface area (Å²) in [7, 11) is 0. The van der Waals surface area contributed by atoms with Gasteiger partial charge in [-0.2, -0.15) is 0 Å². The van der Waals surface area contributed by atoms with E-state index in [0.717, 1.165) is 25.6 Å². The summed E-state index contributed by atoms with van der Waals surface area (Å²) in [6.45, 7) is 7.60. The van der Waals surface area contributed by atoms with Gasteiger partial charge < -0.3 is 10.6 Å². The maximum Gasteiger partial charge on any atom is 0.0366 e. The lowest BCUT2D eigenvalue weighted by molar-refractivity contribution is 0.169. The molecule has 2 nitrogen and oxygen atoms in total. The molecule has 0 heterocycles. The molecule has 2 heteroatoms. The fraction of sp³-hybridized carbons (Fsp3) is 0.647. The molecule has 0 aromatic heterocycles. The standard InChI is InChI=1S/C17H28N2/c1-3-19(16-7-5-4-6-8-16)14-17(13-18)11-9-15(2)10-12-17/h4-8,15H,3,9-14,18H2,1-2H3. The molecular formula is C17H28N2. The first kappa shape index (κ1) is 14.4. The van der Waals surface area contributed by atoms with Crippen molar-refractivity contribution in [1.82, 2.24) is 0 Å². The largest absolute Gasteiger partial charge is 0.371 e. The van der Waals surface area contributed by atoms with Crippen molar-refractivity contribution in [3.8, 4) is 0 Å². The zero-order valence-electron chi connectivity index (χ0n) is 12.4. The van der Waals surface area contributed by atoms with E-state index < -0.39 is 0 Å². The van der Waals surface area contributed by atoms with Crippen LogP contribution in [0.1, 0.15) is 39.5 Å². The van der Waals surface area contributed by atoms with Crippen LogP contribution in [0.3, 0.4) is 0 Å². The minimum atomic E-state index is 0.332. The van der Waals surface area contributed by atoms with Crippen LogP contribution in [0.15, 0.2) is 30.3 Å². The van der Waals surface area contributed by atoms with Gasteiger partial charge in [-0.05, 0) is 44.4 Å². The predicted molar refractivity (Wildman–Crippen MR) is 83.4 cm³/mol. The Hall–Kier alpha value is -1.02. The van der Waals surface area contributed by atoms with Crippen LogP contribution in [0, 0.1) is 11.3 Å². The molecule has 0 saturated heterocycles. The molecule has 0 aliphatic heterocycles. The van der Waals surface area contributed by atoms with Gasteiger partial charge >= 0.3 is 0 Å². The highest BCUT2D eigenvalue weighted by atomic mass is 15.1. The van der Waals surface area contributed by atoms with E-state index in [1.54, 1.807) is 0 Å². The lowest BCUT2D eigenvalue weighted by Crippen LogP contribution is -2.45. The van der Waals surface area contributed by atoms with Gasteiger partial charge in [-0.25, -0.2) is 0 Å². The molecule has 0 atom stereocenters. The Kier molecular flexibility index (Phi) is 4.87. The van der Waals surface area contributed by atoms with Crippen LogP contribution in [0.4, 0.5) is 5.69 Å². The van der Waals surface area contributed by atoms with Crippen LogP contribution in [0.2, 0.25) is 0 Å². The van der Waals surface area contributed by atoms with Gasteiger partial charge in [0.2, 0.25) is 0 Å². The molecule has 2 rings (SSSR count). The number of hydrogen-bond acceptors (Lipinski definition) is 2. The molecule has 1 saturated carbocycles. The van der Waals surface area contributed by atoms with Crippen molar-refractivity contribution in [2.24, 2.45) is 17.1 Å². The molecule has 1 aliphatic carbocycles. The molecule has 2 N–H and O–H groups in total. The number of para-hydroxylation sites is 1. The smallest absolute Gasteiger partial charge is 0.0366 e. The van der Waals surface area contributed by atoms with E-state index in [9.17, 15) is 0 Å². The van der Waals surface area contributed by atoms with Gasteiger partial charge in [0.25, 0.3) is 0 Å². The molecule has 0 radical (unpaired) electrons. The lowest BCUT2D eigenvalue weighted by Gasteiger charge is -2.42. The summed E-state index contributed by atoms with van der Waals surface area (Å²) in [4.78, 5) is 2.49. The van der Waals surface area contributed by atoms with E-state index >= 15 is 0 Å². The summed E-state index contributed by atoms with van der Waals surface area (Å²) in [5, 5.41) is 0. The number of rotatable bonds is 5. The normalized spacial score (nSPS) is 27.2. The van der Waals surface area contributed by atoms with Crippen molar-refractivity contribution in [3.05, 3.63) is 30.3 Å². The number of anilines is 1. The Morgan fingerprint density at radius 2 is 1.84 bits per heavy atom. The van der Waals surface area contributed by atoms with Crippen LogP contribution < -0.4 is 10.6 Å². The van der Waals surface area contributed by atoms with E-state index in [-0.39, 0.29) is 0 Å². The van der Waals surface area contributed by atoms with E-state index in [4.69, 9.17) is 5.73 Å². The summed E-state index contributed by atoms with van der Waals surface area (Å²) in [5.74, 6) is 0.881. The average molecular weight is 260 g/mol. The second kappa shape index (κ2) is 6.42. The quantitative estimate of drug-likeness (QED) is 0.875. The molecular weight excluding hydrogens is 232 g/mol. The van der Waals surface area contributed by atoms with Crippen LogP contribution in [0.5, 0.6) is 0 Å². The molecule has 0 amide bonds. The Labute approximate surface area is 118 Å². The Bertz CT molecular complexity index is 366. The predicted octanol–water partition coefficient (Wildman–Crippen LogP) is 3.67. The van der Waals surface area contributed by atoms with E-state index in [0.29, 0.717) is 5.41 Å². The average Bonchev–Trinajstić information content (AvgIpc) is 2.48. The third-order valence-corrected chi connectivity index (χ3v) is 4.80. The first-order valence-electron chi connectivity index (χ1n) is 7.69. The van der Waals surface area contributed by atoms with Crippen LogP contribution >= 0.6 is 0 Å². The number of nitrogens with zero attached hydrogens (tertiary/aromatic N) is 1. The summed E-state index contributed by atoms with van der Waals surface area (Å²) in [6.07, 6.45) is 5.25. The highest BCUT2D eigenvalue weighted by molar-refractivity contribution is 5.46. The van der Waals surface area contributed by atoms with Crippen LogP contribution in [0.25, 0.3) is 0 Å². The second-order valence-corrected chi connectivity index (χ2v) is 6.24. The Morgan fingerprint density at radius 3 is 2.37 bits per heavy atom. The minimum Gasteiger partial charge on any atom is -0.371 e. The van der Waals surface area contributed by atoms with E-state index in [1.165, 1.54) is 31.4 Å². The third kappa shape index (κ3) is 3.50. The molecule has 0 bridgehead atoms. The molecule has 1 aliphatic rings. The van der Waals surface area contributed by atoms with Gasteiger partial charge in [-0.15, -0.1) is 0 Å².